The molecule has 1 fully saturated rings. The minimum Gasteiger partial charge on any atom is -0.495 e. The van der Waals surface area contributed by atoms with Gasteiger partial charge in [-0.05, 0) is 38.1 Å². The van der Waals surface area contributed by atoms with E-state index in [9.17, 15) is 4.79 Å². The highest BCUT2D eigenvalue weighted by atomic mass is 35.5. The maximum Gasteiger partial charge on any atom is 0.251 e. The second-order valence-corrected chi connectivity index (χ2v) is 9.53. The number of methoxy groups -OCH3 is 2. The number of rotatable bonds is 9. The first-order valence-electron chi connectivity index (χ1n) is 12.3. The largest absolute Gasteiger partial charge is 0.495 e. The third-order valence-electron chi connectivity index (χ3n) is 6.18. The number of piperazine rings is 1. The minimum absolute atomic E-state index is 0.109. The lowest BCUT2D eigenvalue weighted by Crippen LogP contribution is -2.54. The number of ether oxygens (including phenoxy) is 3. The number of carbonyl (C=O) groups excluding carboxylic acids is 1. The van der Waals surface area contributed by atoms with Gasteiger partial charge in [-0.15, -0.1) is 0 Å². The van der Waals surface area contributed by atoms with Crippen LogP contribution in [-0.4, -0.2) is 62.3 Å². The van der Waals surface area contributed by atoms with E-state index in [1.54, 1.807) is 38.7 Å². The molecule has 4 rings (SSSR count). The van der Waals surface area contributed by atoms with Crippen LogP contribution in [0, 0.1) is 0 Å². The summed E-state index contributed by atoms with van der Waals surface area (Å²) in [7, 11) is 4.73. The van der Waals surface area contributed by atoms with Crippen LogP contribution in [-0.2, 0) is 6.61 Å². The molecular weight excluding hydrogens is 508 g/mol. The Hall–Kier alpha value is -3.76. The molecule has 38 heavy (non-hydrogen) atoms. The molecule has 2 heterocycles. The van der Waals surface area contributed by atoms with Crippen molar-refractivity contribution in [2.75, 3.05) is 44.6 Å². The zero-order valence-electron chi connectivity index (χ0n) is 22.2. The summed E-state index contributed by atoms with van der Waals surface area (Å²) in [4.78, 5) is 23.1. The highest BCUT2D eigenvalue weighted by Gasteiger charge is 2.23. The molecule has 0 saturated carbocycles. The summed E-state index contributed by atoms with van der Waals surface area (Å²) in [6.07, 6.45) is 3.14. The molecule has 1 amide bonds. The molecule has 3 aromatic rings. The first-order valence-corrected chi connectivity index (χ1v) is 12.7. The Morgan fingerprint density at radius 2 is 1.76 bits per heavy atom. The number of hydrogen-bond donors (Lipinski definition) is 3. The topological polar surface area (TPSA) is 110 Å². The molecule has 2 atom stereocenters. The van der Waals surface area contributed by atoms with Gasteiger partial charge in [0, 0.05) is 55.1 Å². The molecule has 0 radical (unpaired) electrons. The first kappa shape index (κ1) is 27.3. The Morgan fingerprint density at radius 1 is 1.08 bits per heavy atom. The van der Waals surface area contributed by atoms with E-state index in [1.807, 2.05) is 18.2 Å². The number of carbonyl (C=O) groups is 1. The van der Waals surface area contributed by atoms with Gasteiger partial charge in [-0.2, -0.15) is 0 Å². The fourth-order valence-electron chi connectivity index (χ4n) is 4.47. The average molecular weight is 541 g/mol. The number of benzene rings is 2. The molecule has 10 nitrogen and oxygen atoms in total. The quantitative estimate of drug-likeness (QED) is 0.370. The molecular formula is C27H33ClN6O4. The van der Waals surface area contributed by atoms with Crippen LogP contribution in [0.5, 0.6) is 17.2 Å². The van der Waals surface area contributed by atoms with Crippen molar-refractivity contribution in [3.63, 3.8) is 0 Å². The number of halogens is 1. The van der Waals surface area contributed by atoms with Crippen LogP contribution < -0.4 is 35.1 Å². The van der Waals surface area contributed by atoms with E-state index < -0.39 is 0 Å². The fourth-order valence-corrected chi connectivity index (χ4v) is 4.71. The Bertz CT molecular complexity index is 1260. The van der Waals surface area contributed by atoms with E-state index >= 15 is 0 Å². The van der Waals surface area contributed by atoms with Crippen molar-refractivity contribution in [1.29, 1.82) is 0 Å². The standard InChI is InChI=1S/C27H33ClN6O4/c1-16-13-34(14-17(2)32-16)22-7-6-20(10-23(22)36-4)33-27-30-11-21(12-31-27)38-15-19-8-18(26(35)29-3)9-24(37-5)25(19)28/h6-12,16-17,32H,13-15H2,1-5H3,(H,29,35)(H,30,31,33)/t16-,17?/m1/s1. The van der Waals surface area contributed by atoms with Crippen molar-refractivity contribution in [2.24, 2.45) is 0 Å². The van der Waals surface area contributed by atoms with Crippen LogP contribution in [0.25, 0.3) is 0 Å². The van der Waals surface area contributed by atoms with Gasteiger partial charge >= 0.3 is 0 Å². The fraction of sp³-hybridized carbons (Fsp3) is 0.370. The number of hydrogen-bond acceptors (Lipinski definition) is 9. The molecule has 0 aliphatic carbocycles. The molecule has 11 heteroatoms. The second-order valence-electron chi connectivity index (χ2n) is 9.15. The summed E-state index contributed by atoms with van der Waals surface area (Å²) in [5.74, 6) is 1.79. The summed E-state index contributed by atoms with van der Waals surface area (Å²) in [5.41, 5.74) is 2.89. The summed E-state index contributed by atoms with van der Waals surface area (Å²) >= 11 is 6.42. The van der Waals surface area contributed by atoms with Crippen LogP contribution in [0.4, 0.5) is 17.3 Å². The predicted molar refractivity (Wildman–Crippen MR) is 148 cm³/mol. The van der Waals surface area contributed by atoms with Gasteiger partial charge in [0.25, 0.3) is 5.91 Å². The van der Waals surface area contributed by atoms with E-state index in [0.717, 1.165) is 30.2 Å². The minimum atomic E-state index is -0.248. The molecule has 3 N–H and O–H groups in total. The van der Waals surface area contributed by atoms with Gasteiger partial charge in [0.15, 0.2) is 5.75 Å². The van der Waals surface area contributed by atoms with Gasteiger partial charge in [0.05, 0.1) is 37.3 Å². The van der Waals surface area contributed by atoms with E-state index in [-0.39, 0.29) is 12.5 Å². The summed E-state index contributed by atoms with van der Waals surface area (Å²) in [6.45, 7) is 6.29. The number of nitrogens with one attached hydrogen (secondary N) is 3. The van der Waals surface area contributed by atoms with Crippen molar-refractivity contribution < 1.29 is 19.0 Å². The van der Waals surface area contributed by atoms with Crippen LogP contribution >= 0.6 is 11.6 Å². The van der Waals surface area contributed by atoms with Crippen LogP contribution in [0.3, 0.4) is 0 Å². The van der Waals surface area contributed by atoms with Crippen molar-refractivity contribution in [1.82, 2.24) is 20.6 Å². The van der Waals surface area contributed by atoms with E-state index in [2.05, 4.69) is 44.7 Å². The number of aromatic nitrogens is 2. The van der Waals surface area contributed by atoms with Gasteiger partial charge in [0.2, 0.25) is 5.95 Å². The Labute approximate surface area is 227 Å². The smallest absolute Gasteiger partial charge is 0.251 e. The van der Waals surface area contributed by atoms with Gasteiger partial charge in [-0.25, -0.2) is 9.97 Å². The molecule has 1 saturated heterocycles. The summed E-state index contributed by atoms with van der Waals surface area (Å²) in [6, 6.07) is 10.0. The molecule has 2 aromatic carbocycles. The zero-order chi connectivity index (χ0) is 27.2. The van der Waals surface area contributed by atoms with Gasteiger partial charge in [-0.3, -0.25) is 4.79 Å². The third kappa shape index (κ3) is 6.38. The van der Waals surface area contributed by atoms with Gasteiger partial charge < -0.3 is 35.1 Å². The summed E-state index contributed by atoms with van der Waals surface area (Å²) in [5, 5.41) is 9.73. The molecule has 202 valence electrons. The Kier molecular flexibility index (Phi) is 8.75. The van der Waals surface area contributed by atoms with Crippen molar-refractivity contribution in [2.45, 2.75) is 32.5 Å². The normalized spacial score (nSPS) is 17.1. The van der Waals surface area contributed by atoms with E-state index in [0.29, 0.717) is 45.7 Å². The van der Waals surface area contributed by atoms with Gasteiger partial charge in [-0.1, -0.05) is 11.6 Å². The van der Waals surface area contributed by atoms with E-state index in [1.165, 1.54) is 7.11 Å². The third-order valence-corrected chi connectivity index (χ3v) is 6.61. The highest BCUT2D eigenvalue weighted by Crippen LogP contribution is 2.34. The molecule has 1 aliphatic rings. The molecule has 1 aliphatic heterocycles. The van der Waals surface area contributed by atoms with Crippen LogP contribution in [0.2, 0.25) is 5.02 Å². The number of amides is 1. The van der Waals surface area contributed by atoms with Crippen LogP contribution in [0.15, 0.2) is 42.7 Å². The SMILES string of the molecule is CNC(=O)c1cc(COc2cnc(Nc3ccc(N4CC(C)N[C@H](C)C4)c(OC)c3)nc2)c(Cl)c(OC)c1. The van der Waals surface area contributed by atoms with Gasteiger partial charge in [0.1, 0.15) is 18.1 Å². The maximum absolute atomic E-state index is 12.1. The highest BCUT2D eigenvalue weighted by molar-refractivity contribution is 6.33. The lowest BCUT2D eigenvalue weighted by Gasteiger charge is -2.38. The average Bonchev–Trinajstić information content (AvgIpc) is 2.92. The molecule has 1 unspecified atom stereocenters. The van der Waals surface area contributed by atoms with Crippen molar-refractivity contribution in [3.05, 3.63) is 58.9 Å². The van der Waals surface area contributed by atoms with Crippen LogP contribution in [0.1, 0.15) is 29.8 Å². The monoisotopic (exact) mass is 540 g/mol. The zero-order valence-corrected chi connectivity index (χ0v) is 22.9. The Morgan fingerprint density at radius 3 is 2.39 bits per heavy atom. The van der Waals surface area contributed by atoms with Crippen molar-refractivity contribution >= 4 is 34.8 Å². The van der Waals surface area contributed by atoms with Crippen molar-refractivity contribution in [3.8, 4) is 17.2 Å². The molecule has 0 spiro atoms. The predicted octanol–water partition coefficient (Wildman–Crippen LogP) is 4.02. The van der Waals surface area contributed by atoms with E-state index in [4.69, 9.17) is 25.8 Å². The maximum atomic E-state index is 12.1. The number of anilines is 3. The second kappa shape index (κ2) is 12.2. The number of nitrogens with zero attached hydrogens (tertiary/aromatic N) is 3. The summed E-state index contributed by atoms with van der Waals surface area (Å²) < 4.78 is 16.8. The Balaban J connectivity index is 1.42. The lowest BCUT2D eigenvalue weighted by atomic mass is 10.1. The first-order chi connectivity index (χ1) is 18.3. The molecule has 1 aromatic heterocycles. The lowest BCUT2D eigenvalue weighted by molar-refractivity contribution is 0.0962. The molecule has 0 bridgehead atoms.